The molecule has 0 amide bonds. The molecule has 1 unspecified atom stereocenters. The molecule has 0 spiro atoms. The number of nitrogens with one attached hydrogen (secondary N) is 2. The van der Waals surface area contributed by atoms with E-state index in [-0.39, 0.29) is 6.04 Å². The van der Waals surface area contributed by atoms with Crippen LogP contribution >= 0.6 is 0 Å². The highest BCUT2D eigenvalue weighted by molar-refractivity contribution is 5.58. The van der Waals surface area contributed by atoms with E-state index in [9.17, 15) is 0 Å². The first-order chi connectivity index (χ1) is 11.8. The van der Waals surface area contributed by atoms with Gasteiger partial charge in [0, 0.05) is 12.6 Å². The van der Waals surface area contributed by atoms with Crippen LogP contribution in [-0.2, 0) is 4.74 Å². The monoisotopic (exact) mass is 326 g/mol. The summed E-state index contributed by atoms with van der Waals surface area (Å²) in [4.78, 5) is 10.8. The third-order valence-electron chi connectivity index (χ3n) is 5.22. The normalized spacial score (nSPS) is 23.5. The Kier molecular flexibility index (Phi) is 4.65. The van der Waals surface area contributed by atoms with Gasteiger partial charge in [-0.15, -0.1) is 0 Å². The van der Waals surface area contributed by atoms with Crippen LogP contribution in [0.3, 0.4) is 0 Å². The van der Waals surface area contributed by atoms with Crippen molar-refractivity contribution in [2.75, 3.05) is 32.8 Å². The van der Waals surface area contributed by atoms with Crippen molar-refractivity contribution >= 4 is 0 Å². The van der Waals surface area contributed by atoms with E-state index >= 15 is 0 Å². The molecule has 2 aromatic rings. The van der Waals surface area contributed by atoms with Crippen LogP contribution in [0.5, 0.6) is 0 Å². The average Bonchev–Trinajstić information content (AvgIpc) is 3.13. The van der Waals surface area contributed by atoms with Gasteiger partial charge in [-0.1, -0.05) is 29.8 Å². The molecule has 5 nitrogen and oxygen atoms in total. The number of benzene rings is 1. The van der Waals surface area contributed by atoms with Crippen molar-refractivity contribution in [2.45, 2.75) is 31.8 Å². The number of morpholine rings is 1. The summed E-state index contributed by atoms with van der Waals surface area (Å²) in [5.74, 6) is 1.03. The number of nitrogens with zero attached hydrogens (tertiary/aromatic N) is 2. The molecule has 1 aromatic carbocycles. The molecule has 2 N–H and O–H groups in total. The van der Waals surface area contributed by atoms with E-state index in [0.717, 1.165) is 44.4 Å². The zero-order chi connectivity index (χ0) is 16.4. The largest absolute Gasteiger partial charge is 0.378 e. The highest BCUT2D eigenvalue weighted by Gasteiger charge is 2.32. The molecule has 0 bridgehead atoms. The highest BCUT2D eigenvalue weighted by atomic mass is 16.5. The van der Waals surface area contributed by atoms with Crippen molar-refractivity contribution < 1.29 is 4.74 Å². The summed E-state index contributed by atoms with van der Waals surface area (Å²) in [6.07, 6.45) is 4.37. The molecule has 3 heterocycles. The fourth-order valence-corrected chi connectivity index (χ4v) is 3.81. The molecule has 1 atom stereocenters. The molecule has 2 saturated heterocycles. The van der Waals surface area contributed by atoms with Crippen LogP contribution < -0.4 is 5.32 Å². The van der Waals surface area contributed by atoms with Crippen LogP contribution in [0.15, 0.2) is 30.5 Å². The van der Waals surface area contributed by atoms with Gasteiger partial charge in [-0.3, -0.25) is 4.90 Å². The zero-order valence-corrected chi connectivity index (χ0v) is 14.3. The minimum atomic E-state index is 0.237. The number of aromatic nitrogens is 2. The number of hydrogen-bond acceptors (Lipinski definition) is 4. The van der Waals surface area contributed by atoms with Crippen LogP contribution in [0.2, 0.25) is 0 Å². The fraction of sp³-hybridized carbons (Fsp3) is 0.526. The summed E-state index contributed by atoms with van der Waals surface area (Å²) in [6.45, 7) is 6.88. The van der Waals surface area contributed by atoms with Crippen LogP contribution in [0.1, 0.15) is 30.3 Å². The first kappa shape index (κ1) is 15.8. The van der Waals surface area contributed by atoms with Gasteiger partial charge in [-0.25, -0.2) is 4.98 Å². The van der Waals surface area contributed by atoms with Gasteiger partial charge in [0.25, 0.3) is 0 Å². The maximum absolute atomic E-state index is 5.77. The Bertz CT molecular complexity index is 660. The van der Waals surface area contributed by atoms with Gasteiger partial charge >= 0.3 is 0 Å². The van der Waals surface area contributed by atoms with Crippen LogP contribution in [0.4, 0.5) is 0 Å². The number of aryl methyl sites for hydroxylation is 1. The second-order valence-corrected chi connectivity index (χ2v) is 6.86. The van der Waals surface area contributed by atoms with Gasteiger partial charge in [0.1, 0.15) is 5.82 Å². The predicted octanol–water partition coefficient (Wildman–Crippen LogP) is 2.51. The molecule has 2 fully saturated rings. The Hall–Kier alpha value is -1.69. The van der Waals surface area contributed by atoms with Crippen molar-refractivity contribution in [3.05, 3.63) is 41.9 Å². The van der Waals surface area contributed by atoms with E-state index < -0.39 is 0 Å². The molecule has 0 saturated carbocycles. The lowest BCUT2D eigenvalue weighted by Crippen LogP contribution is -2.49. The first-order valence-electron chi connectivity index (χ1n) is 8.97. The molecular formula is C19H26N4O. The second-order valence-electron chi connectivity index (χ2n) is 6.86. The third kappa shape index (κ3) is 3.24. The van der Waals surface area contributed by atoms with Crippen molar-refractivity contribution in [3.63, 3.8) is 0 Å². The summed E-state index contributed by atoms with van der Waals surface area (Å²) < 4.78 is 5.77. The topological polar surface area (TPSA) is 53.2 Å². The minimum Gasteiger partial charge on any atom is -0.378 e. The van der Waals surface area contributed by atoms with Crippen LogP contribution in [-0.4, -0.2) is 53.8 Å². The maximum Gasteiger partial charge on any atom is 0.126 e. The van der Waals surface area contributed by atoms with Gasteiger partial charge in [0.2, 0.25) is 0 Å². The van der Waals surface area contributed by atoms with Crippen molar-refractivity contribution in [1.82, 2.24) is 20.2 Å². The van der Waals surface area contributed by atoms with Crippen LogP contribution in [0.25, 0.3) is 11.3 Å². The molecule has 4 rings (SSSR count). The first-order valence-corrected chi connectivity index (χ1v) is 8.97. The molecule has 128 valence electrons. The lowest BCUT2D eigenvalue weighted by Gasteiger charge is -2.41. The lowest BCUT2D eigenvalue weighted by molar-refractivity contribution is -0.0387. The molecule has 5 heteroatoms. The van der Waals surface area contributed by atoms with Crippen molar-refractivity contribution in [3.8, 4) is 11.3 Å². The van der Waals surface area contributed by atoms with E-state index in [1.807, 2.05) is 6.20 Å². The number of aromatic amines is 1. The lowest BCUT2D eigenvalue weighted by atomic mass is 10.0. The summed E-state index contributed by atoms with van der Waals surface area (Å²) in [5.41, 5.74) is 3.54. The molecule has 2 aliphatic rings. The number of piperidine rings is 1. The summed E-state index contributed by atoms with van der Waals surface area (Å²) >= 11 is 0. The van der Waals surface area contributed by atoms with E-state index in [2.05, 4.69) is 46.4 Å². The number of imidazole rings is 1. The molecule has 24 heavy (non-hydrogen) atoms. The molecule has 2 aliphatic heterocycles. The van der Waals surface area contributed by atoms with E-state index in [4.69, 9.17) is 9.72 Å². The Morgan fingerprint density at radius 3 is 2.75 bits per heavy atom. The van der Waals surface area contributed by atoms with E-state index in [1.54, 1.807) is 0 Å². The Labute approximate surface area is 143 Å². The molecule has 0 aliphatic carbocycles. The van der Waals surface area contributed by atoms with Gasteiger partial charge in [-0.2, -0.15) is 0 Å². The highest BCUT2D eigenvalue weighted by Crippen LogP contribution is 2.29. The number of H-pyrrole nitrogens is 1. The quantitative estimate of drug-likeness (QED) is 0.910. The Morgan fingerprint density at radius 1 is 1.17 bits per heavy atom. The molecule has 0 radical (unpaired) electrons. The molecular weight excluding hydrogens is 300 g/mol. The Morgan fingerprint density at radius 2 is 1.96 bits per heavy atom. The summed E-state index contributed by atoms with van der Waals surface area (Å²) in [5, 5.41) is 3.46. The number of ether oxygens (including phenoxy) is 1. The summed E-state index contributed by atoms with van der Waals surface area (Å²) in [7, 11) is 0. The van der Waals surface area contributed by atoms with Gasteiger partial charge in [-0.05, 0) is 38.4 Å². The third-order valence-corrected chi connectivity index (χ3v) is 5.22. The van der Waals surface area contributed by atoms with E-state index in [0.29, 0.717) is 6.04 Å². The van der Waals surface area contributed by atoms with Gasteiger partial charge in [0.15, 0.2) is 0 Å². The second kappa shape index (κ2) is 7.05. The van der Waals surface area contributed by atoms with Crippen LogP contribution in [0, 0.1) is 6.92 Å². The fourth-order valence-electron chi connectivity index (χ4n) is 3.81. The number of hydrogen-bond donors (Lipinski definition) is 2. The van der Waals surface area contributed by atoms with Gasteiger partial charge in [0.05, 0.1) is 31.1 Å². The molecule has 1 aromatic heterocycles. The predicted molar refractivity (Wildman–Crippen MR) is 94.9 cm³/mol. The standard InChI is InChI=1S/C19H26N4O/c1-14-2-4-15(5-3-14)17-12-21-19(22-17)18-13-24-11-10-23(18)16-6-8-20-9-7-16/h2-5,12,16,18,20H,6-11,13H2,1H3,(H,21,22). The minimum absolute atomic E-state index is 0.237. The Balaban J connectivity index is 1.56. The average molecular weight is 326 g/mol. The van der Waals surface area contributed by atoms with Crippen molar-refractivity contribution in [1.29, 1.82) is 0 Å². The smallest absolute Gasteiger partial charge is 0.126 e. The van der Waals surface area contributed by atoms with Crippen molar-refractivity contribution in [2.24, 2.45) is 0 Å². The SMILES string of the molecule is Cc1ccc(-c2cnc(C3COCCN3C3CCNCC3)[nH]2)cc1. The zero-order valence-electron chi connectivity index (χ0n) is 14.3. The van der Waals surface area contributed by atoms with E-state index in [1.165, 1.54) is 24.0 Å². The summed E-state index contributed by atoms with van der Waals surface area (Å²) in [6, 6.07) is 9.44. The maximum atomic E-state index is 5.77. The van der Waals surface area contributed by atoms with Gasteiger partial charge < -0.3 is 15.0 Å². The number of rotatable bonds is 3.